The van der Waals surface area contributed by atoms with E-state index in [4.69, 9.17) is 4.74 Å². The monoisotopic (exact) mass is 309 g/mol. The SMILES string of the molecule is CCOc1ccc([C@@H]2C(=O)c3ccccc3N[C@@]2(C)CC)cc1. The highest BCUT2D eigenvalue weighted by Gasteiger charge is 2.43. The highest BCUT2D eigenvalue weighted by molar-refractivity contribution is 6.08. The molecule has 1 aliphatic rings. The molecule has 1 N–H and O–H groups in total. The van der Waals surface area contributed by atoms with Gasteiger partial charge >= 0.3 is 0 Å². The lowest BCUT2D eigenvalue weighted by Gasteiger charge is -2.42. The number of ketones is 1. The van der Waals surface area contributed by atoms with Crippen LogP contribution in [0.4, 0.5) is 5.69 Å². The first kappa shape index (κ1) is 15.6. The minimum Gasteiger partial charge on any atom is -0.494 e. The van der Waals surface area contributed by atoms with E-state index in [0.29, 0.717) is 6.61 Å². The van der Waals surface area contributed by atoms with Crippen LogP contribution in [0.3, 0.4) is 0 Å². The van der Waals surface area contributed by atoms with Gasteiger partial charge in [0.05, 0.1) is 12.5 Å². The molecule has 0 radical (unpaired) electrons. The molecule has 0 saturated heterocycles. The molecule has 0 amide bonds. The Morgan fingerprint density at radius 3 is 2.43 bits per heavy atom. The van der Waals surface area contributed by atoms with Crippen LogP contribution in [0.2, 0.25) is 0 Å². The van der Waals surface area contributed by atoms with E-state index in [2.05, 4.69) is 19.2 Å². The third kappa shape index (κ3) is 2.72. The predicted octanol–water partition coefficient (Wildman–Crippen LogP) is 4.65. The van der Waals surface area contributed by atoms with Gasteiger partial charge in [-0.15, -0.1) is 0 Å². The molecule has 3 rings (SSSR count). The van der Waals surface area contributed by atoms with Gasteiger partial charge in [0.25, 0.3) is 0 Å². The maximum absolute atomic E-state index is 13.1. The summed E-state index contributed by atoms with van der Waals surface area (Å²) in [4.78, 5) is 13.1. The van der Waals surface area contributed by atoms with Gasteiger partial charge in [0.2, 0.25) is 0 Å². The number of fused-ring (bicyclic) bond motifs is 1. The lowest BCUT2D eigenvalue weighted by molar-refractivity contribution is 0.0917. The van der Waals surface area contributed by atoms with Gasteiger partial charge < -0.3 is 10.1 Å². The molecule has 1 aliphatic heterocycles. The fraction of sp³-hybridized carbons (Fsp3) is 0.350. The topological polar surface area (TPSA) is 38.3 Å². The standard InChI is InChI=1S/C20H23NO2/c1-4-20(3)18(14-10-12-15(13-11-14)23-5-2)19(22)16-8-6-7-9-17(16)21-20/h6-13,18,21H,4-5H2,1-3H3/t18-,20+/m1/s1. The summed E-state index contributed by atoms with van der Waals surface area (Å²) in [6.45, 7) is 6.86. The third-order valence-electron chi connectivity index (χ3n) is 4.77. The van der Waals surface area contributed by atoms with Crippen LogP contribution < -0.4 is 10.1 Å². The molecule has 0 aromatic heterocycles. The Bertz CT molecular complexity index is 708. The van der Waals surface area contributed by atoms with Gasteiger partial charge in [0.1, 0.15) is 5.75 Å². The van der Waals surface area contributed by atoms with E-state index in [0.717, 1.165) is 29.0 Å². The van der Waals surface area contributed by atoms with E-state index in [1.165, 1.54) is 0 Å². The fourth-order valence-electron chi connectivity index (χ4n) is 3.37. The molecular weight excluding hydrogens is 286 g/mol. The smallest absolute Gasteiger partial charge is 0.174 e. The number of ether oxygens (including phenoxy) is 1. The van der Waals surface area contributed by atoms with Gasteiger partial charge in [-0.1, -0.05) is 31.2 Å². The zero-order chi connectivity index (χ0) is 16.4. The van der Waals surface area contributed by atoms with Crippen LogP contribution >= 0.6 is 0 Å². The van der Waals surface area contributed by atoms with E-state index in [-0.39, 0.29) is 17.2 Å². The van der Waals surface area contributed by atoms with Crippen LogP contribution in [-0.4, -0.2) is 17.9 Å². The highest BCUT2D eigenvalue weighted by atomic mass is 16.5. The summed E-state index contributed by atoms with van der Waals surface area (Å²) < 4.78 is 5.51. The largest absolute Gasteiger partial charge is 0.494 e. The van der Waals surface area contributed by atoms with Gasteiger partial charge in [-0.3, -0.25) is 4.79 Å². The summed E-state index contributed by atoms with van der Waals surface area (Å²) >= 11 is 0. The van der Waals surface area contributed by atoms with Gasteiger partial charge in [-0.25, -0.2) is 0 Å². The molecular formula is C20H23NO2. The second kappa shape index (κ2) is 6.07. The number of carbonyl (C=O) groups excluding carboxylic acids is 1. The van der Waals surface area contributed by atoms with Crippen molar-refractivity contribution in [3.05, 3.63) is 59.7 Å². The molecule has 0 saturated carbocycles. The van der Waals surface area contributed by atoms with Gasteiger partial charge in [0, 0.05) is 16.8 Å². The molecule has 23 heavy (non-hydrogen) atoms. The number of benzene rings is 2. The number of hydrogen-bond donors (Lipinski definition) is 1. The number of anilines is 1. The molecule has 1 heterocycles. The lowest BCUT2D eigenvalue weighted by Crippen LogP contribution is -2.48. The number of hydrogen-bond acceptors (Lipinski definition) is 3. The summed E-state index contributed by atoms with van der Waals surface area (Å²) in [5, 5.41) is 3.59. The molecule has 0 bridgehead atoms. The Morgan fingerprint density at radius 1 is 1.09 bits per heavy atom. The molecule has 2 aromatic carbocycles. The molecule has 2 atom stereocenters. The van der Waals surface area contributed by atoms with Crippen molar-refractivity contribution < 1.29 is 9.53 Å². The second-order valence-electron chi connectivity index (χ2n) is 6.24. The maximum atomic E-state index is 13.1. The van der Waals surface area contributed by atoms with Crippen LogP contribution in [0.5, 0.6) is 5.75 Å². The summed E-state index contributed by atoms with van der Waals surface area (Å²) in [6.07, 6.45) is 0.866. The normalized spacial score (nSPS) is 23.1. The molecule has 3 nitrogen and oxygen atoms in total. The first-order valence-electron chi connectivity index (χ1n) is 8.23. The molecule has 0 fully saturated rings. The quantitative estimate of drug-likeness (QED) is 0.893. The molecule has 2 aromatic rings. The Balaban J connectivity index is 2.03. The van der Waals surface area contributed by atoms with E-state index in [9.17, 15) is 4.79 Å². The average molecular weight is 309 g/mol. The van der Waals surface area contributed by atoms with E-state index < -0.39 is 0 Å². The first-order valence-corrected chi connectivity index (χ1v) is 8.23. The molecule has 0 aliphatic carbocycles. The number of nitrogens with one attached hydrogen (secondary N) is 1. The Morgan fingerprint density at radius 2 is 1.78 bits per heavy atom. The van der Waals surface area contributed by atoms with E-state index in [1.54, 1.807) is 0 Å². The van der Waals surface area contributed by atoms with Crippen LogP contribution in [0.15, 0.2) is 48.5 Å². The molecule has 0 unspecified atom stereocenters. The minimum absolute atomic E-state index is 0.188. The summed E-state index contributed by atoms with van der Waals surface area (Å²) in [5.41, 5.74) is 2.45. The van der Waals surface area contributed by atoms with Gasteiger partial charge in [-0.2, -0.15) is 0 Å². The van der Waals surface area contributed by atoms with E-state index >= 15 is 0 Å². The van der Waals surface area contributed by atoms with Crippen molar-refractivity contribution in [2.75, 3.05) is 11.9 Å². The van der Waals surface area contributed by atoms with Crippen LogP contribution in [0, 0.1) is 0 Å². The van der Waals surface area contributed by atoms with Gasteiger partial charge in [-0.05, 0) is 50.1 Å². The fourth-order valence-corrected chi connectivity index (χ4v) is 3.37. The van der Waals surface area contributed by atoms with Crippen molar-refractivity contribution in [1.29, 1.82) is 0 Å². The molecule has 120 valence electrons. The molecule has 0 spiro atoms. The van der Waals surface area contributed by atoms with Crippen LogP contribution in [0.1, 0.15) is 49.0 Å². The number of para-hydroxylation sites is 1. The van der Waals surface area contributed by atoms with Crippen molar-refractivity contribution >= 4 is 11.5 Å². The summed E-state index contributed by atoms with van der Waals surface area (Å²) in [5.74, 6) is 0.831. The minimum atomic E-state index is -0.293. The van der Waals surface area contributed by atoms with Crippen LogP contribution in [-0.2, 0) is 0 Å². The zero-order valence-corrected chi connectivity index (χ0v) is 13.9. The second-order valence-corrected chi connectivity index (χ2v) is 6.24. The van der Waals surface area contributed by atoms with Crippen molar-refractivity contribution in [1.82, 2.24) is 0 Å². The third-order valence-corrected chi connectivity index (χ3v) is 4.77. The van der Waals surface area contributed by atoms with Crippen LogP contribution in [0.25, 0.3) is 0 Å². The molecule has 3 heteroatoms. The first-order chi connectivity index (χ1) is 11.1. The zero-order valence-electron chi connectivity index (χ0n) is 13.9. The summed E-state index contributed by atoms with van der Waals surface area (Å²) in [7, 11) is 0. The van der Waals surface area contributed by atoms with Crippen molar-refractivity contribution in [3.8, 4) is 5.75 Å². The number of rotatable bonds is 4. The summed E-state index contributed by atoms with van der Waals surface area (Å²) in [6, 6.07) is 15.7. The van der Waals surface area contributed by atoms with Crippen molar-refractivity contribution in [3.63, 3.8) is 0 Å². The van der Waals surface area contributed by atoms with E-state index in [1.807, 2.05) is 55.5 Å². The number of Topliss-reactive ketones (excluding diaryl/α,β-unsaturated/α-hetero) is 1. The Hall–Kier alpha value is -2.29. The van der Waals surface area contributed by atoms with Crippen molar-refractivity contribution in [2.24, 2.45) is 0 Å². The predicted molar refractivity (Wildman–Crippen MR) is 93.4 cm³/mol. The highest BCUT2D eigenvalue weighted by Crippen LogP contribution is 2.42. The lowest BCUT2D eigenvalue weighted by atomic mass is 9.71. The average Bonchev–Trinajstić information content (AvgIpc) is 2.57. The van der Waals surface area contributed by atoms with Crippen molar-refractivity contribution in [2.45, 2.75) is 38.6 Å². The maximum Gasteiger partial charge on any atom is 0.174 e. The number of carbonyl (C=O) groups is 1. The van der Waals surface area contributed by atoms with Gasteiger partial charge in [0.15, 0.2) is 5.78 Å². The Kier molecular flexibility index (Phi) is 4.12. The Labute approximate surface area is 137 Å².